The Hall–Kier alpha value is -1.13. The van der Waals surface area contributed by atoms with Crippen molar-refractivity contribution >= 4 is 17.5 Å². The zero-order chi connectivity index (χ0) is 14.7. The van der Waals surface area contributed by atoms with E-state index in [4.69, 9.17) is 11.6 Å². The zero-order valence-electron chi connectivity index (χ0n) is 12.4. The summed E-state index contributed by atoms with van der Waals surface area (Å²) in [6.07, 6.45) is 2.83. The number of rotatable bonds is 3. The number of nitrogens with zero attached hydrogens (tertiary/aromatic N) is 3. The molecule has 1 aliphatic heterocycles. The minimum atomic E-state index is 0.0706. The molecule has 4 nitrogen and oxygen atoms in total. The van der Waals surface area contributed by atoms with Crippen LogP contribution in [0.25, 0.3) is 0 Å². The van der Waals surface area contributed by atoms with Crippen molar-refractivity contribution in [2.24, 2.45) is 0 Å². The molecule has 1 aromatic rings. The Kier molecular flexibility index (Phi) is 5.00. The second-order valence-electron chi connectivity index (χ2n) is 5.51. The van der Waals surface area contributed by atoms with E-state index in [1.54, 1.807) is 6.07 Å². The highest BCUT2D eigenvalue weighted by Crippen LogP contribution is 2.18. The van der Waals surface area contributed by atoms with Gasteiger partial charge in [0, 0.05) is 30.4 Å². The molecule has 110 valence electrons. The highest BCUT2D eigenvalue weighted by molar-refractivity contribution is 6.29. The second kappa shape index (κ2) is 6.55. The van der Waals surface area contributed by atoms with Crippen LogP contribution in [-0.2, 0) is 6.42 Å². The van der Waals surface area contributed by atoms with Crippen molar-refractivity contribution in [3.63, 3.8) is 0 Å². The van der Waals surface area contributed by atoms with Crippen LogP contribution in [0.15, 0.2) is 12.1 Å². The average molecular weight is 296 g/mol. The predicted molar refractivity (Wildman–Crippen MR) is 81.2 cm³/mol. The number of likely N-dealkylation sites (tertiary alicyclic amines) is 1. The van der Waals surface area contributed by atoms with Crippen LogP contribution >= 0.6 is 11.6 Å². The molecule has 20 heavy (non-hydrogen) atoms. The molecule has 0 aromatic carbocycles. The number of hydrogen-bond acceptors (Lipinski definition) is 3. The van der Waals surface area contributed by atoms with Crippen LogP contribution in [0.5, 0.6) is 0 Å². The first kappa shape index (κ1) is 15.3. The van der Waals surface area contributed by atoms with Gasteiger partial charge in [-0.2, -0.15) is 0 Å². The SMILES string of the molecule is CCc1cc(C(=O)N2CCC(N(C)C)CC2)cc(Cl)n1. The lowest BCUT2D eigenvalue weighted by Crippen LogP contribution is -2.44. The number of carbonyl (C=O) groups excluding carboxylic acids is 1. The van der Waals surface area contributed by atoms with E-state index in [0.717, 1.165) is 38.0 Å². The van der Waals surface area contributed by atoms with Crippen molar-refractivity contribution in [1.82, 2.24) is 14.8 Å². The Bertz CT molecular complexity index is 482. The largest absolute Gasteiger partial charge is 0.339 e. The normalized spacial score (nSPS) is 16.8. The summed E-state index contributed by atoms with van der Waals surface area (Å²) in [4.78, 5) is 20.9. The number of pyridine rings is 1. The van der Waals surface area contributed by atoms with Gasteiger partial charge in [0.25, 0.3) is 5.91 Å². The zero-order valence-corrected chi connectivity index (χ0v) is 13.2. The minimum Gasteiger partial charge on any atom is -0.339 e. The quantitative estimate of drug-likeness (QED) is 0.804. The van der Waals surface area contributed by atoms with E-state index in [-0.39, 0.29) is 5.91 Å². The van der Waals surface area contributed by atoms with Gasteiger partial charge in [-0.05, 0) is 45.5 Å². The monoisotopic (exact) mass is 295 g/mol. The van der Waals surface area contributed by atoms with E-state index >= 15 is 0 Å². The van der Waals surface area contributed by atoms with Gasteiger partial charge >= 0.3 is 0 Å². The van der Waals surface area contributed by atoms with Crippen molar-refractivity contribution in [1.29, 1.82) is 0 Å². The third-order valence-electron chi connectivity index (χ3n) is 3.94. The number of piperidine rings is 1. The minimum absolute atomic E-state index is 0.0706. The summed E-state index contributed by atoms with van der Waals surface area (Å²) in [5.41, 5.74) is 1.52. The first-order valence-corrected chi connectivity index (χ1v) is 7.51. The highest BCUT2D eigenvalue weighted by atomic mass is 35.5. The first-order valence-electron chi connectivity index (χ1n) is 7.13. The molecule has 2 rings (SSSR count). The second-order valence-corrected chi connectivity index (χ2v) is 5.90. The summed E-state index contributed by atoms with van der Waals surface area (Å²) >= 11 is 5.99. The van der Waals surface area contributed by atoms with Gasteiger partial charge in [0.15, 0.2) is 0 Å². The molecule has 1 saturated heterocycles. The molecule has 1 aromatic heterocycles. The summed E-state index contributed by atoms with van der Waals surface area (Å²) in [5.74, 6) is 0.0706. The first-order chi connectivity index (χ1) is 9.51. The van der Waals surface area contributed by atoms with Crippen LogP contribution in [0.4, 0.5) is 0 Å². The lowest BCUT2D eigenvalue weighted by atomic mass is 10.0. The molecule has 5 heteroatoms. The summed E-state index contributed by atoms with van der Waals surface area (Å²) < 4.78 is 0. The molecule has 0 atom stereocenters. The van der Waals surface area contributed by atoms with Crippen LogP contribution < -0.4 is 0 Å². The third kappa shape index (κ3) is 3.49. The molecule has 0 aliphatic carbocycles. The fraction of sp³-hybridized carbons (Fsp3) is 0.600. The summed E-state index contributed by atoms with van der Waals surface area (Å²) in [6.45, 7) is 3.63. The molecule has 0 radical (unpaired) electrons. The number of carbonyl (C=O) groups is 1. The standard InChI is InChI=1S/C15H22ClN3O/c1-4-12-9-11(10-14(16)17-12)15(20)19-7-5-13(6-8-19)18(2)3/h9-10,13H,4-8H2,1-3H3. The topological polar surface area (TPSA) is 36.4 Å². The fourth-order valence-electron chi connectivity index (χ4n) is 2.62. The predicted octanol–water partition coefficient (Wildman–Crippen LogP) is 2.46. The molecular weight excluding hydrogens is 274 g/mol. The van der Waals surface area contributed by atoms with Gasteiger partial charge in [-0.15, -0.1) is 0 Å². The van der Waals surface area contributed by atoms with Crippen molar-refractivity contribution in [3.05, 3.63) is 28.5 Å². The maximum Gasteiger partial charge on any atom is 0.254 e. The van der Waals surface area contributed by atoms with E-state index in [0.29, 0.717) is 16.8 Å². The molecule has 1 fully saturated rings. The number of aryl methyl sites for hydroxylation is 1. The number of amides is 1. The molecule has 1 amide bonds. The van der Waals surface area contributed by atoms with Gasteiger partial charge in [0.2, 0.25) is 0 Å². The Morgan fingerprint density at radius 2 is 2.05 bits per heavy atom. The molecule has 0 N–H and O–H groups in total. The van der Waals surface area contributed by atoms with E-state index < -0.39 is 0 Å². The van der Waals surface area contributed by atoms with Crippen LogP contribution in [0.2, 0.25) is 5.15 Å². The maximum absolute atomic E-state index is 12.5. The fourth-order valence-corrected chi connectivity index (χ4v) is 2.85. The van der Waals surface area contributed by atoms with Gasteiger partial charge in [-0.3, -0.25) is 4.79 Å². The molecule has 0 bridgehead atoms. The van der Waals surface area contributed by atoms with Crippen molar-refractivity contribution in [2.75, 3.05) is 27.2 Å². The molecule has 0 unspecified atom stereocenters. The maximum atomic E-state index is 12.5. The van der Waals surface area contributed by atoms with Crippen molar-refractivity contribution in [3.8, 4) is 0 Å². The van der Waals surface area contributed by atoms with Gasteiger partial charge in [-0.1, -0.05) is 18.5 Å². The van der Waals surface area contributed by atoms with E-state index in [2.05, 4.69) is 24.0 Å². The van der Waals surface area contributed by atoms with E-state index in [9.17, 15) is 4.79 Å². The summed E-state index contributed by atoms with van der Waals surface area (Å²) in [6, 6.07) is 4.10. The van der Waals surface area contributed by atoms with E-state index in [1.807, 2.05) is 17.9 Å². The van der Waals surface area contributed by atoms with Gasteiger partial charge in [0.1, 0.15) is 5.15 Å². The van der Waals surface area contributed by atoms with Gasteiger partial charge < -0.3 is 9.80 Å². The third-order valence-corrected chi connectivity index (χ3v) is 4.13. The average Bonchev–Trinajstić information content (AvgIpc) is 2.45. The van der Waals surface area contributed by atoms with Crippen LogP contribution in [0, 0.1) is 0 Å². The van der Waals surface area contributed by atoms with Gasteiger partial charge in [-0.25, -0.2) is 4.98 Å². The van der Waals surface area contributed by atoms with Crippen LogP contribution in [-0.4, -0.2) is 53.9 Å². The van der Waals surface area contributed by atoms with Crippen LogP contribution in [0.1, 0.15) is 35.8 Å². The van der Waals surface area contributed by atoms with E-state index in [1.165, 1.54) is 0 Å². The lowest BCUT2D eigenvalue weighted by Gasteiger charge is -2.35. The summed E-state index contributed by atoms with van der Waals surface area (Å²) in [5, 5.41) is 0.399. The van der Waals surface area contributed by atoms with Crippen molar-refractivity contribution in [2.45, 2.75) is 32.2 Å². The molecular formula is C15H22ClN3O. The molecule has 2 heterocycles. The molecule has 0 saturated carbocycles. The molecule has 0 spiro atoms. The Balaban J connectivity index is 2.07. The molecule has 1 aliphatic rings. The van der Waals surface area contributed by atoms with Crippen LogP contribution in [0.3, 0.4) is 0 Å². The smallest absolute Gasteiger partial charge is 0.254 e. The Morgan fingerprint density at radius 3 is 2.60 bits per heavy atom. The Morgan fingerprint density at radius 1 is 1.40 bits per heavy atom. The summed E-state index contributed by atoms with van der Waals surface area (Å²) in [7, 11) is 4.19. The highest BCUT2D eigenvalue weighted by Gasteiger charge is 2.25. The van der Waals surface area contributed by atoms with Crippen molar-refractivity contribution < 1.29 is 4.79 Å². The Labute approximate surface area is 125 Å². The number of halogens is 1. The van der Waals surface area contributed by atoms with Gasteiger partial charge in [0.05, 0.1) is 0 Å². The number of aromatic nitrogens is 1. The lowest BCUT2D eigenvalue weighted by molar-refractivity contribution is 0.0663. The number of hydrogen-bond donors (Lipinski definition) is 0.